The van der Waals surface area contributed by atoms with E-state index in [1.165, 1.54) is 6.08 Å². The molecule has 0 saturated heterocycles. The predicted octanol–water partition coefficient (Wildman–Crippen LogP) is 1.22. The molecule has 0 rings (SSSR count). The van der Waals surface area contributed by atoms with Gasteiger partial charge in [0, 0.05) is 12.6 Å². The molecule has 0 aliphatic rings. The van der Waals surface area contributed by atoms with Crippen molar-refractivity contribution >= 4 is 5.97 Å². The predicted molar refractivity (Wildman–Crippen MR) is 53.5 cm³/mol. The van der Waals surface area contributed by atoms with Gasteiger partial charge in [0.25, 0.3) is 0 Å². The molecule has 3 heteroatoms. The van der Waals surface area contributed by atoms with Gasteiger partial charge in [0.1, 0.15) is 6.61 Å². The Morgan fingerprint density at radius 2 is 2.08 bits per heavy atom. The molecule has 0 fully saturated rings. The normalized spacial score (nSPS) is 11.7. The van der Waals surface area contributed by atoms with Crippen molar-refractivity contribution in [3.63, 3.8) is 0 Å². The number of hydrogen-bond acceptors (Lipinski definition) is 3. The van der Waals surface area contributed by atoms with Crippen molar-refractivity contribution < 1.29 is 9.53 Å². The average Bonchev–Trinajstić information content (AvgIpc) is 2.04. The Morgan fingerprint density at radius 3 is 2.62 bits per heavy atom. The van der Waals surface area contributed by atoms with Crippen LogP contribution in [0.4, 0.5) is 0 Å². The van der Waals surface area contributed by atoms with Crippen molar-refractivity contribution in [1.82, 2.24) is 4.90 Å². The van der Waals surface area contributed by atoms with E-state index in [1.807, 2.05) is 32.0 Å². The lowest BCUT2D eigenvalue weighted by Gasteiger charge is -2.08. The second kappa shape index (κ2) is 7.55. The van der Waals surface area contributed by atoms with Crippen molar-refractivity contribution in [2.24, 2.45) is 0 Å². The van der Waals surface area contributed by atoms with Gasteiger partial charge in [-0.25, -0.2) is 4.79 Å². The average molecular weight is 183 g/mol. The molecule has 3 nitrogen and oxygen atoms in total. The van der Waals surface area contributed by atoms with Crippen LogP contribution in [0.1, 0.15) is 6.92 Å². The Labute approximate surface area is 79.7 Å². The molecule has 0 unspecified atom stereocenters. The molecule has 0 spiro atoms. The molecule has 0 saturated carbocycles. The monoisotopic (exact) mass is 183 g/mol. The lowest BCUT2D eigenvalue weighted by Crippen LogP contribution is -2.19. The Kier molecular flexibility index (Phi) is 6.92. The third-order valence-electron chi connectivity index (χ3n) is 1.32. The van der Waals surface area contributed by atoms with Gasteiger partial charge in [-0.3, -0.25) is 0 Å². The van der Waals surface area contributed by atoms with E-state index >= 15 is 0 Å². The third-order valence-corrected chi connectivity index (χ3v) is 1.32. The Bertz CT molecular complexity index is 195. The summed E-state index contributed by atoms with van der Waals surface area (Å²) in [5, 5.41) is 0. The first-order valence-corrected chi connectivity index (χ1v) is 4.27. The molecule has 74 valence electrons. The highest BCUT2D eigenvalue weighted by Gasteiger charge is 1.95. The molecule has 0 atom stereocenters. The van der Waals surface area contributed by atoms with Gasteiger partial charge in [0.05, 0.1) is 0 Å². The van der Waals surface area contributed by atoms with Crippen LogP contribution in [0.2, 0.25) is 0 Å². The van der Waals surface area contributed by atoms with Gasteiger partial charge in [-0.1, -0.05) is 18.2 Å². The smallest absolute Gasteiger partial charge is 0.330 e. The summed E-state index contributed by atoms with van der Waals surface area (Å²) in [5.74, 6) is -0.292. The quantitative estimate of drug-likeness (QED) is 0.364. The first-order valence-electron chi connectivity index (χ1n) is 4.27. The number of allylic oxidation sites excluding steroid dienone is 3. The Balaban J connectivity index is 3.51. The zero-order chi connectivity index (χ0) is 10.1. The van der Waals surface area contributed by atoms with Crippen LogP contribution in [0.3, 0.4) is 0 Å². The number of likely N-dealkylation sites (N-methyl/N-ethyl adjacent to an activating group) is 1. The number of rotatable bonds is 5. The molecule has 0 amide bonds. The minimum atomic E-state index is -0.292. The van der Waals surface area contributed by atoms with Crippen molar-refractivity contribution in [2.75, 3.05) is 27.2 Å². The number of esters is 1. The van der Waals surface area contributed by atoms with Crippen molar-refractivity contribution in [1.29, 1.82) is 0 Å². The summed E-state index contributed by atoms with van der Waals surface area (Å²) in [6.07, 6.45) is 6.71. The van der Waals surface area contributed by atoms with Gasteiger partial charge in [0.2, 0.25) is 0 Å². The van der Waals surface area contributed by atoms with E-state index in [0.717, 1.165) is 6.54 Å². The Hall–Kier alpha value is -1.09. The molecule has 0 aliphatic heterocycles. The topological polar surface area (TPSA) is 29.5 Å². The molecule has 0 aromatic heterocycles. The van der Waals surface area contributed by atoms with E-state index in [2.05, 4.69) is 0 Å². The fourth-order valence-electron chi connectivity index (χ4n) is 0.622. The summed E-state index contributed by atoms with van der Waals surface area (Å²) < 4.78 is 4.90. The molecule has 0 aromatic carbocycles. The van der Waals surface area contributed by atoms with E-state index in [9.17, 15) is 4.79 Å². The molecule has 0 aromatic rings. The summed E-state index contributed by atoms with van der Waals surface area (Å²) >= 11 is 0. The molecule has 13 heavy (non-hydrogen) atoms. The Morgan fingerprint density at radius 1 is 1.38 bits per heavy atom. The molecule has 0 aliphatic carbocycles. The fraction of sp³-hybridized carbons (Fsp3) is 0.500. The fourth-order valence-corrected chi connectivity index (χ4v) is 0.622. The lowest BCUT2D eigenvalue weighted by atomic mass is 10.4. The van der Waals surface area contributed by atoms with Gasteiger partial charge >= 0.3 is 5.97 Å². The van der Waals surface area contributed by atoms with Crippen LogP contribution < -0.4 is 0 Å². The molecule has 0 heterocycles. The highest BCUT2D eigenvalue weighted by atomic mass is 16.5. The van der Waals surface area contributed by atoms with Crippen LogP contribution >= 0.6 is 0 Å². The number of hydrogen-bond donors (Lipinski definition) is 0. The van der Waals surface area contributed by atoms with Gasteiger partial charge in [-0.05, 0) is 21.0 Å². The number of ether oxygens (including phenoxy) is 1. The molecular formula is C10H17NO2. The maximum Gasteiger partial charge on any atom is 0.330 e. The van der Waals surface area contributed by atoms with E-state index in [-0.39, 0.29) is 5.97 Å². The van der Waals surface area contributed by atoms with Crippen LogP contribution in [0.15, 0.2) is 24.3 Å². The molecule has 0 N–H and O–H groups in total. The minimum Gasteiger partial charge on any atom is -0.461 e. The largest absolute Gasteiger partial charge is 0.461 e. The van der Waals surface area contributed by atoms with Crippen molar-refractivity contribution in [3.8, 4) is 0 Å². The zero-order valence-corrected chi connectivity index (χ0v) is 8.49. The van der Waals surface area contributed by atoms with Crippen molar-refractivity contribution in [2.45, 2.75) is 6.92 Å². The maximum absolute atomic E-state index is 10.9. The number of carbonyl (C=O) groups is 1. The molecule has 0 radical (unpaired) electrons. The summed E-state index contributed by atoms with van der Waals surface area (Å²) in [5.41, 5.74) is 0. The van der Waals surface area contributed by atoms with Crippen LogP contribution in [0.5, 0.6) is 0 Å². The van der Waals surface area contributed by atoms with E-state index < -0.39 is 0 Å². The summed E-state index contributed by atoms with van der Waals surface area (Å²) in [6, 6.07) is 0. The zero-order valence-electron chi connectivity index (χ0n) is 8.49. The van der Waals surface area contributed by atoms with E-state index in [4.69, 9.17) is 4.74 Å². The number of nitrogens with zero attached hydrogens (tertiary/aromatic N) is 1. The second-order valence-electron chi connectivity index (χ2n) is 2.86. The van der Waals surface area contributed by atoms with Crippen LogP contribution in [-0.2, 0) is 9.53 Å². The lowest BCUT2D eigenvalue weighted by molar-refractivity contribution is -0.138. The standard InChI is InChI=1S/C10H17NO2/c1-4-5-6-7-10(12)13-9-8-11(2)3/h4-7H,8-9H2,1-3H3. The van der Waals surface area contributed by atoms with Crippen LogP contribution in [0, 0.1) is 0 Å². The van der Waals surface area contributed by atoms with E-state index in [1.54, 1.807) is 12.2 Å². The third kappa shape index (κ3) is 8.82. The SMILES string of the molecule is CC=CC=CC(=O)OCCN(C)C. The first kappa shape index (κ1) is 11.9. The highest BCUT2D eigenvalue weighted by molar-refractivity contribution is 5.82. The maximum atomic E-state index is 10.9. The van der Waals surface area contributed by atoms with Gasteiger partial charge in [0.15, 0.2) is 0 Å². The summed E-state index contributed by atoms with van der Waals surface area (Å²) in [7, 11) is 3.87. The van der Waals surface area contributed by atoms with Crippen molar-refractivity contribution in [3.05, 3.63) is 24.3 Å². The van der Waals surface area contributed by atoms with Crippen LogP contribution in [-0.4, -0.2) is 38.1 Å². The first-order chi connectivity index (χ1) is 6.16. The van der Waals surface area contributed by atoms with Gasteiger partial charge in [-0.15, -0.1) is 0 Å². The van der Waals surface area contributed by atoms with Gasteiger partial charge in [-0.2, -0.15) is 0 Å². The molecular weight excluding hydrogens is 166 g/mol. The number of carbonyl (C=O) groups excluding carboxylic acids is 1. The van der Waals surface area contributed by atoms with Crippen LogP contribution in [0.25, 0.3) is 0 Å². The van der Waals surface area contributed by atoms with Gasteiger partial charge < -0.3 is 9.64 Å². The second-order valence-corrected chi connectivity index (χ2v) is 2.86. The minimum absolute atomic E-state index is 0.292. The highest BCUT2D eigenvalue weighted by Crippen LogP contribution is 1.84. The molecule has 0 bridgehead atoms. The summed E-state index contributed by atoms with van der Waals surface area (Å²) in [6.45, 7) is 3.08. The summed E-state index contributed by atoms with van der Waals surface area (Å²) in [4.78, 5) is 12.9. The van der Waals surface area contributed by atoms with E-state index in [0.29, 0.717) is 6.61 Å².